The minimum atomic E-state index is -0.593. The highest BCUT2D eigenvalue weighted by Gasteiger charge is 2.13. The summed E-state index contributed by atoms with van der Waals surface area (Å²) < 4.78 is 0.484. The van der Waals surface area contributed by atoms with E-state index in [9.17, 15) is 9.59 Å². The summed E-state index contributed by atoms with van der Waals surface area (Å²) >= 11 is -0.593. The van der Waals surface area contributed by atoms with E-state index >= 15 is 0 Å². The number of carbonyl (C=O) groups is 2. The molecule has 0 aromatic heterocycles. The van der Waals surface area contributed by atoms with Crippen LogP contribution in [-0.2, 0) is 9.59 Å². The van der Waals surface area contributed by atoms with E-state index in [0.717, 1.165) is 25.7 Å². The van der Waals surface area contributed by atoms with Gasteiger partial charge in [-0.1, -0.05) is 90.9 Å². The Morgan fingerprint density at radius 1 is 0.522 bits per heavy atom. The predicted molar refractivity (Wildman–Crippen MR) is 101 cm³/mol. The molecule has 0 rings (SSSR count). The van der Waals surface area contributed by atoms with E-state index in [0.29, 0.717) is 12.8 Å². The minimum absolute atomic E-state index is 0.242. The number of unbranched alkanes of at least 4 members (excludes halogenated alkanes) is 12. The molecule has 0 aliphatic rings. The highest BCUT2D eigenvalue weighted by molar-refractivity contribution is 6.97. The van der Waals surface area contributed by atoms with Crippen molar-refractivity contribution in [2.24, 2.45) is 0 Å². The molecule has 0 bridgehead atoms. The van der Waals surface area contributed by atoms with Crippen LogP contribution in [-0.4, -0.2) is 24.5 Å². The van der Waals surface area contributed by atoms with Crippen molar-refractivity contribution in [2.75, 3.05) is 0 Å². The van der Waals surface area contributed by atoms with Crippen LogP contribution in [0.5, 0.6) is 0 Å². The van der Waals surface area contributed by atoms with E-state index in [1.54, 1.807) is 0 Å². The summed E-state index contributed by atoms with van der Waals surface area (Å²) in [6, 6.07) is 0. The molecular weight excluding hydrogens is 299 g/mol. The minimum Gasteiger partial charge on any atom is -0.321 e. The monoisotopic (exact) mass is 337 g/mol. The molecular formula is C20H38AlO2. The number of carbonyl (C=O) groups excluding carboxylic acids is 2. The summed E-state index contributed by atoms with van der Waals surface area (Å²) in [5.74, 6) is 0. The van der Waals surface area contributed by atoms with Crippen molar-refractivity contribution in [3.05, 3.63) is 0 Å². The first-order valence-electron chi connectivity index (χ1n) is 10.1. The van der Waals surface area contributed by atoms with E-state index < -0.39 is 15.2 Å². The van der Waals surface area contributed by atoms with Crippen molar-refractivity contribution in [1.29, 1.82) is 0 Å². The van der Waals surface area contributed by atoms with Gasteiger partial charge in [-0.15, -0.1) is 0 Å². The second-order valence-electron chi connectivity index (χ2n) is 6.82. The molecule has 23 heavy (non-hydrogen) atoms. The molecule has 0 amide bonds. The largest absolute Gasteiger partial charge is 0.420 e. The molecule has 2 nitrogen and oxygen atoms in total. The molecule has 3 heteroatoms. The lowest BCUT2D eigenvalue weighted by molar-refractivity contribution is -0.115. The lowest BCUT2D eigenvalue weighted by Crippen LogP contribution is -2.19. The first-order chi connectivity index (χ1) is 11.2. The van der Waals surface area contributed by atoms with Crippen LogP contribution in [0, 0.1) is 0 Å². The van der Waals surface area contributed by atoms with E-state index in [1.807, 2.05) is 0 Å². The van der Waals surface area contributed by atoms with Crippen LogP contribution >= 0.6 is 0 Å². The van der Waals surface area contributed by atoms with Crippen molar-refractivity contribution in [1.82, 2.24) is 0 Å². The Bertz CT molecular complexity index is 261. The molecule has 0 fully saturated rings. The normalized spacial score (nSPS) is 10.7. The highest BCUT2D eigenvalue weighted by atomic mass is 27.1. The molecule has 0 saturated carbocycles. The van der Waals surface area contributed by atoms with Gasteiger partial charge in [0.1, 0.15) is 0 Å². The first kappa shape index (κ1) is 22.9. The second kappa shape index (κ2) is 18.2. The molecule has 0 aliphatic heterocycles. The van der Waals surface area contributed by atoms with Crippen molar-refractivity contribution >= 4 is 24.5 Å². The summed E-state index contributed by atoms with van der Waals surface area (Å²) in [5, 5.41) is 0. The third-order valence-electron chi connectivity index (χ3n) is 4.38. The van der Waals surface area contributed by atoms with Crippen molar-refractivity contribution in [2.45, 2.75) is 117 Å². The molecule has 0 aliphatic carbocycles. The van der Waals surface area contributed by atoms with Crippen LogP contribution in [0.15, 0.2) is 0 Å². The topological polar surface area (TPSA) is 34.1 Å². The van der Waals surface area contributed by atoms with Gasteiger partial charge in [0.2, 0.25) is 0 Å². The van der Waals surface area contributed by atoms with Crippen molar-refractivity contribution < 1.29 is 9.59 Å². The molecule has 0 N–H and O–H groups in total. The van der Waals surface area contributed by atoms with Gasteiger partial charge in [-0.25, -0.2) is 0 Å². The molecule has 133 valence electrons. The Hall–Kier alpha value is -0.128. The third kappa shape index (κ3) is 18.1. The maximum Gasteiger partial charge on any atom is 0.420 e. The van der Waals surface area contributed by atoms with Gasteiger partial charge < -0.3 is 9.59 Å². The summed E-state index contributed by atoms with van der Waals surface area (Å²) in [5.41, 5.74) is 0. The average molecular weight is 338 g/mol. The van der Waals surface area contributed by atoms with Crippen molar-refractivity contribution in [3.8, 4) is 0 Å². The summed E-state index contributed by atoms with van der Waals surface area (Å²) in [7, 11) is 0. The van der Waals surface area contributed by atoms with Gasteiger partial charge in [0.25, 0.3) is 0 Å². The van der Waals surface area contributed by atoms with Crippen LogP contribution in [0.25, 0.3) is 0 Å². The molecule has 0 aromatic carbocycles. The van der Waals surface area contributed by atoms with Gasteiger partial charge >= 0.3 is 15.2 Å². The van der Waals surface area contributed by atoms with E-state index in [4.69, 9.17) is 0 Å². The molecule has 0 atom stereocenters. The molecule has 0 heterocycles. The molecule has 0 saturated heterocycles. The molecule has 0 unspecified atom stereocenters. The highest BCUT2D eigenvalue weighted by Crippen LogP contribution is 2.10. The molecule has 0 aromatic rings. The summed E-state index contributed by atoms with van der Waals surface area (Å²) in [6.07, 6.45) is 18.5. The predicted octanol–water partition coefficient (Wildman–Crippen LogP) is 6.03. The van der Waals surface area contributed by atoms with Gasteiger partial charge in [-0.05, 0) is 25.7 Å². The van der Waals surface area contributed by atoms with Crippen LogP contribution in [0.1, 0.15) is 117 Å². The zero-order chi connectivity index (χ0) is 17.2. The Morgan fingerprint density at radius 3 is 1.17 bits per heavy atom. The number of hydrogen-bond donors (Lipinski definition) is 0. The maximum absolute atomic E-state index is 11.8. The molecule has 1 radical (unpaired) electrons. The second-order valence-corrected chi connectivity index (χ2v) is 8.40. The van der Waals surface area contributed by atoms with Gasteiger partial charge in [0.05, 0.1) is 9.29 Å². The Labute approximate surface area is 150 Å². The van der Waals surface area contributed by atoms with Crippen LogP contribution in [0.3, 0.4) is 0 Å². The summed E-state index contributed by atoms with van der Waals surface area (Å²) in [6.45, 7) is 4.45. The van der Waals surface area contributed by atoms with Crippen LogP contribution < -0.4 is 0 Å². The lowest BCUT2D eigenvalue weighted by atomic mass is 10.1. The SMILES string of the molecule is CCCCCCCCC[C](=O)[Al][C](=O)CCCCCCCCC. The Morgan fingerprint density at radius 2 is 0.826 bits per heavy atom. The number of rotatable bonds is 18. The van der Waals surface area contributed by atoms with Gasteiger partial charge in [-0.2, -0.15) is 0 Å². The van der Waals surface area contributed by atoms with Crippen LogP contribution in [0.2, 0.25) is 0 Å². The zero-order valence-electron chi connectivity index (χ0n) is 15.7. The van der Waals surface area contributed by atoms with E-state index in [2.05, 4.69) is 13.8 Å². The molecule has 0 spiro atoms. The standard InChI is InChI=1S/2C10H19O.Al/c2*1-2-3-4-5-6-7-8-9-10-11;/h2*2-9H2,1H3;. The maximum atomic E-state index is 11.8. The van der Waals surface area contributed by atoms with Gasteiger partial charge in [-0.3, -0.25) is 0 Å². The zero-order valence-corrected chi connectivity index (χ0v) is 16.9. The van der Waals surface area contributed by atoms with Gasteiger partial charge in [0, 0.05) is 0 Å². The van der Waals surface area contributed by atoms with E-state index in [1.165, 1.54) is 64.2 Å². The van der Waals surface area contributed by atoms with E-state index in [-0.39, 0.29) is 9.29 Å². The smallest absolute Gasteiger partial charge is 0.321 e. The fourth-order valence-electron chi connectivity index (χ4n) is 2.84. The Kier molecular flexibility index (Phi) is 18.1. The van der Waals surface area contributed by atoms with Crippen LogP contribution in [0.4, 0.5) is 0 Å². The van der Waals surface area contributed by atoms with Crippen molar-refractivity contribution in [3.63, 3.8) is 0 Å². The van der Waals surface area contributed by atoms with Gasteiger partial charge in [0.15, 0.2) is 0 Å². The first-order valence-corrected chi connectivity index (χ1v) is 11.3. The number of hydrogen-bond acceptors (Lipinski definition) is 2. The quantitative estimate of drug-likeness (QED) is 0.226. The lowest BCUT2D eigenvalue weighted by Gasteiger charge is -2.02. The summed E-state index contributed by atoms with van der Waals surface area (Å²) in [4.78, 5) is 23.6. The fraction of sp³-hybridized carbons (Fsp3) is 0.900. The Balaban J connectivity index is 3.36. The third-order valence-corrected chi connectivity index (χ3v) is 5.60. The average Bonchev–Trinajstić information content (AvgIpc) is 2.53. The fourth-order valence-corrected chi connectivity index (χ4v) is 3.89.